The molecule has 2 aliphatic rings. The Bertz CT molecular complexity index is 557. The van der Waals surface area contributed by atoms with E-state index < -0.39 is 24.9 Å². The molecule has 0 bridgehead atoms. The molecule has 1 aromatic rings. The van der Waals surface area contributed by atoms with Gasteiger partial charge in [0.1, 0.15) is 6.10 Å². The van der Waals surface area contributed by atoms with E-state index >= 15 is 0 Å². The summed E-state index contributed by atoms with van der Waals surface area (Å²) in [6.07, 6.45) is -0.689. The van der Waals surface area contributed by atoms with Crippen molar-refractivity contribution in [3.05, 3.63) is 34.9 Å². The molecule has 0 aliphatic carbocycles. The lowest BCUT2D eigenvalue weighted by Gasteiger charge is -2.34. The molecule has 0 radical (unpaired) electrons. The largest absolute Gasteiger partial charge is 0.370 e. The fraction of sp³-hybridized carbons (Fsp3) is 0.533. The van der Waals surface area contributed by atoms with E-state index in [0.717, 1.165) is 5.56 Å². The molecule has 1 aromatic carbocycles. The van der Waals surface area contributed by atoms with Crippen molar-refractivity contribution >= 4 is 29.9 Å². The number of hydrogen-bond donors (Lipinski definition) is 1. The summed E-state index contributed by atoms with van der Waals surface area (Å²) < 4.78 is 32.1. The van der Waals surface area contributed by atoms with E-state index in [0.29, 0.717) is 24.7 Å². The maximum atomic E-state index is 13.2. The van der Waals surface area contributed by atoms with Crippen LogP contribution in [0.1, 0.15) is 18.1 Å². The van der Waals surface area contributed by atoms with Crippen LogP contribution in [0.15, 0.2) is 24.3 Å². The highest BCUT2D eigenvalue weighted by molar-refractivity contribution is 6.30. The van der Waals surface area contributed by atoms with E-state index in [-0.39, 0.29) is 24.4 Å². The summed E-state index contributed by atoms with van der Waals surface area (Å²) in [5, 5.41) is 3.24. The van der Waals surface area contributed by atoms with Crippen LogP contribution < -0.4 is 5.32 Å². The van der Waals surface area contributed by atoms with Gasteiger partial charge in [0.2, 0.25) is 5.91 Å². The van der Waals surface area contributed by atoms with Crippen molar-refractivity contribution in [1.82, 2.24) is 10.2 Å². The molecule has 2 atom stereocenters. The number of morpholine rings is 1. The third-order valence-electron chi connectivity index (χ3n) is 4.03. The van der Waals surface area contributed by atoms with Crippen molar-refractivity contribution in [1.29, 1.82) is 0 Å². The van der Waals surface area contributed by atoms with Crippen LogP contribution in [0.3, 0.4) is 0 Å². The summed E-state index contributed by atoms with van der Waals surface area (Å²) in [5.41, 5.74) is 0.923. The van der Waals surface area contributed by atoms with Gasteiger partial charge in [0.05, 0.1) is 25.7 Å². The molecule has 1 amide bonds. The molecular formula is C15H18Cl2F2N2O2. The van der Waals surface area contributed by atoms with Crippen LogP contribution in [-0.4, -0.2) is 49.0 Å². The van der Waals surface area contributed by atoms with E-state index in [1.165, 1.54) is 0 Å². The van der Waals surface area contributed by atoms with Crippen molar-refractivity contribution < 1.29 is 18.3 Å². The first-order chi connectivity index (χ1) is 10.4. The summed E-state index contributed by atoms with van der Waals surface area (Å²) in [5.74, 6) is -3.08. The van der Waals surface area contributed by atoms with Crippen molar-refractivity contribution in [2.24, 2.45) is 0 Å². The van der Waals surface area contributed by atoms with E-state index in [4.69, 9.17) is 16.3 Å². The maximum absolute atomic E-state index is 13.2. The summed E-state index contributed by atoms with van der Waals surface area (Å²) in [4.78, 5) is 14.0. The Morgan fingerprint density at radius 2 is 2.04 bits per heavy atom. The SMILES string of the molecule is Cl.O=C(C1CC(F)(F)CN1)N1CCOC(c2ccc(Cl)cc2)C1. The monoisotopic (exact) mass is 366 g/mol. The molecule has 2 aliphatic heterocycles. The first-order valence-corrected chi connectivity index (χ1v) is 7.59. The number of carbonyl (C=O) groups excluding carboxylic acids is 1. The van der Waals surface area contributed by atoms with Gasteiger partial charge in [-0.05, 0) is 17.7 Å². The van der Waals surface area contributed by atoms with Gasteiger partial charge in [-0.2, -0.15) is 0 Å². The van der Waals surface area contributed by atoms with Gasteiger partial charge < -0.3 is 9.64 Å². The van der Waals surface area contributed by atoms with E-state index in [9.17, 15) is 13.6 Å². The molecule has 0 aromatic heterocycles. The third kappa shape index (κ3) is 4.32. The molecule has 2 unspecified atom stereocenters. The van der Waals surface area contributed by atoms with Gasteiger partial charge in [-0.25, -0.2) is 8.78 Å². The van der Waals surface area contributed by atoms with Crippen LogP contribution in [0.2, 0.25) is 5.02 Å². The topological polar surface area (TPSA) is 41.6 Å². The van der Waals surface area contributed by atoms with Gasteiger partial charge in [0.25, 0.3) is 5.92 Å². The molecule has 3 rings (SSSR count). The predicted molar refractivity (Wildman–Crippen MR) is 85.3 cm³/mol. The van der Waals surface area contributed by atoms with E-state index in [1.54, 1.807) is 17.0 Å². The maximum Gasteiger partial charge on any atom is 0.262 e. The smallest absolute Gasteiger partial charge is 0.262 e. The average Bonchev–Trinajstić information content (AvgIpc) is 2.87. The molecule has 4 nitrogen and oxygen atoms in total. The van der Waals surface area contributed by atoms with Crippen molar-refractivity contribution in [2.75, 3.05) is 26.2 Å². The summed E-state index contributed by atoms with van der Waals surface area (Å²) in [6, 6.07) is 6.42. The number of nitrogens with zero attached hydrogens (tertiary/aromatic N) is 1. The number of rotatable bonds is 2. The molecule has 23 heavy (non-hydrogen) atoms. The van der Waals surface area contributed by atoms with Crippen LogP contribution >= 0.6 is 24.0 Å². The number of nitrogens with one attached hydrogen (secondary N) is 1. The Morgan fingerprint density at radius 3 is 2.65 bits per heavy atom. The minimum absolute atomic E-state index is 0. The van der Waals surface area contributed by atoms with Gasteiger partial charge in [0, 0.05) is 18.0 Å². The molecule has 8 heteroatoms. The number of ether oxygens (including phenoxy) is 1. The molecule has 2 saturated heterocycles. The average molecular weight is 367 g/mol. The lowest BCUT2D eigenvalue weighted by molar-refractivity contribution is -0.141. The van der Waals surface area contributed by atoms with Gasteiger partial charge in [-0.3, -0.25) is 10.1 Å². The van der Waals surface area contributed by atoms with Gasteiger partial charge in [-0.15, -0.1) is 12.4 Å². The van der Waals surface area contributed by atoms with Gasteiger partial charge in [-0.1, -0.05) is 23.7 Å². The minimum atomic E-state index is -2.80. The molecule has 0 saturated carbocycles. The molecule has 1 N–H and O–H groups in total. The summed E-state index contributed by atoms with van der Waals surface area (Å²) in [6.45, 7) is 0.743. The molecule has 2 heterocycles. The standard InChI is InChI=1S/C15H17ClF2N2O2.ClH/c16-11-3-1-10(2-4-11)13-8-20(5-6-22-13)14(21)12-7-15(17,18)9-19-12;/h1-4,12-13,19H,5-9H2;1H. The highest BCUT2D eigenvalue weighted by Crippen LogP contribution is 2.28. The zero-order valence-electron chi connectivity index (χ0n) is 12.3. The van der Waals surface area contributed by atoms with Crippen LogP contribution in [0, 0.1) is 0 Å². The third-order valence-corrected chi connectivity index (χ3v) is 4.28. The molecule has 128 valence electrons. The normalized spacial score (nSPS) is 26.7. The second kappa shape index (κ2) is 7.30. The Morgan fingerprint density at radius 1 is 1.35 bits per heavy atom. The zero-order chi connectivity index (χ0) is 15.7. The Hall–Kier alpha value is -0.950. The van der Waals surface area contributed by atoms with Crippen LogP contribution in [-0.2, 0) is 9.53 Å². The zero-order valence-corrected chi connectivity index (χ0v) is 13.9. The summed E-state index contributed by atoms with van der Waals surface area (Å²) >= 11 is 5.86. The molecular weight excluding hydrogens is 349 g/mol. The van der Waals surface area contributed by atoms with Crippen LogP contribution in [0.4, 0.5) is 8.78 Å². The first-order valence-electron chi connectivity index (χ1n) is 7.22. The first kappa shape index (κ1) is 18.4. The summed E-state index contributed by atoms with van der Waals surface area (Å²) in [7, 11) is 0. The highest BCUT2D eigenvalue weighted by Gasteiger charge is 2.44. The Labute approximate surface area is 144 Å². The van der Waals surface area contributed by atoms with E-state index in [1.807, 2.05) is 12.1 Å². The number of carbonyl (C=O) groups is 1. The van der Waals surface area contributed by atoms with E-state index in [2.05, 4.69) is 5.32 Å². The quantitative estimate of drug-likeness (QED) is 0.874. The van der Waals surface area contributed by atoms with Crippen molar-refractivity contribution in [2.45, 2.75) is 24.5 Å². The van der Waals surface area contributed by atoms with Crippen LogP contribution in [0.25, 0.3) is 0 Å². The fourth-order valence-corrected chi connectivity index (χ4v) is 2.97. The van der Waals surface area contributed by atoms with Crippen molar-refractivity contribution in [3.63, 3.8) is 0 Å². The fourth-order valence-electron chi connectivity index (χ4n) is 2.84. The van der Waals surface area contributed by atoms with Crippen LogP contribution in [0.5, 0.6) is 0 Å². The predicted octanol–water partition coefficient (Wildman–Crippen LogP) is 2.66. The number of halogens is 4. The number of alkyl halides is 2. The highest BCUT2D eigenvalue weighted by atomic mass is 35.5. The number of benzene rings is 1. The van der Waals surface area contributed by atoms with Gasteiger partial charge >= 0.3 is 0 Å². The molecule has 2 fully saturated rings. The Kier molecular flexibility index (Phi) is 5.84. The van der Waals surface area contributed by atoms with Gasteiger partial charge in [0.15, 0.2) is 0 Å². The lowest BCUT2D eigenvalue weighted by Crippen LogP contribution is -2.49. The second-order valence-corrected chi connectivity index (χ2v) is 6.13. The molecule has 0 spiro atoms. The second-order valence-electron chi connectivity index (χ2n) is 5.69. The Balaban J connectivity index is 0.00000192. The lowest BCUT2D eigenvalue weighted by atomic mass is 10.1. The minimum Gasteiger partial charge on any atom is -0.370 e. The van der Waals surface area contributed by atoms with Crippen molar-refractivity contribution in [3.8, 4) is 0 Å². The number of amides is 1. The number of hydrogen-bond acceptors (Lipinski definition) is 3.